The van der Waals surface area contributed by atoms with Crippen LogP contribution in [-0.2, 0) is 22.4 Å². The summed E-state index contributed by atoms with van der Waals surface area (Å²) in [5.74, 6) is -0.380. The third-order valence-corrected chi connectivity index (χ3v) is 6.10. The summed E-state index contributed by atoms with van der Waals surface area (Å²) >= 11 is 2.77. The van der Waals surface area contributed by atoms with E-state index in [9.17, 15) is 14.0 Å². The first-order valence-electron chi connectivity index (χ1n) is 8.80. The van der Waals surface area contributed by atoms with Crippen LogP contribution in [0.5, 0.6) is 0 Å². The van der Waals surface area contributed by atoms with Crippen LogP contribution < -0.4 is 10.2 Å². The van der Waals surface area contributed by atoms with E-state index in [4.69, 9.17) is 0 Å². The van der Waals surface area contributed by atoms with Gasteiger partial charge in [-0.25, -0.2) is 14.4 Å². The van der Waals surface area contributed by atoms with E-state index in [1.54, 1.807) is 23.2 Å². The first-order valence-corrected chi connectivity index (χ1v) is 10.5. The lowest BCUT2D eigenvalue weighted by atomic mass is 10.1. The third-order valence-electron chi connectivity index (χ3n) is 4.28. The van der Waals surface area contributed by atoms with Gasteiger partial charge in [-0.2, -0.15) is 0 Å². The highest BCUT2D eigenvalue weighted by Gasteiger charge is 2.24. The van der Waals surface area contributed by atoms with Crippen molar-refractivity contribution in [2.24, 2.45) is 0 Å². The van der Waals surface area contributed by atoms with Crippen molar-refractivity contribution in [1.29, 1.82) is 0 Å². The maximum atomic E-state index is 13.0. The molecule has 0 saturated carbocycles. The Morgan fingerprint density at radius 2 is 2.11 bits per heavy atom. The molecule has 2 aromatic heterocycles. The number of carbonyl (C=O) groups is 2. The van der Waals surface area contributed by atoms with Crippen LogP contribution in [0.25, 0.3) is 0 Å². The van der Waals surface area contributed by atoms with E-state index in [0.717, 1.165) is 16.9 Å². The van der Waals surface area contributed by atoms with Gasteiger partial charge >= 0.3 is 0 Å². The van der Waals surface area contributed by atoms with Gasteiger partial charge in [0.2, 0.25) is 11.8 Å². The molecule has 6 nitrogen and oxygen atoms in total. The van der Waals surface area contributed by atoms with Crippen molar-refractivity contribution in [2.45, 2.75) is 25.7 Å². The van der Waals surface area contributed by atoms with E-state index in [2.05, 4.69) is 15.3 Å². The predicted molar refractivity (Wildman–Crippen MR) is 107 cm³/mol. The first-order chi connectivity index (χ1) is 13.6. The number of aromatic nitrogens is 2. The molecule has 1 N–H and O–H groups in total. The third kappa shape index (κ3) is 4.42. The highest BCUT2D eigenvalue weighted by molar-refractivity contribution is 7.15. The molecule has 1 fully saturated rings. The molecule has 3 heterocycles. The fourth-order valence-electron chi connectivity index (χ4n) is 2.93. The van der Waals surface area contributed by atoms with Crippen LogP contribution in [0.2, 0.25) is 0 Å². The molecule has 0 radical (unpaired) electrons. The van der Waals surface area contributed by atoms with Crippen molar-refractivity contribution >= 4 is 44.8 Å². The highest BCUT2D eigenvalue weighted by Crippen LogP contribution is 2.26. The second-order valence-electron chi connectivity index (χ2n) is 6.43. The molecule has 0 unspecified atom stereocenters. The van der Waals surface area contributed by atoms with Gasteiger partial charge in [0.1, 0.15) is 5.82 Å². The monoisotopic (exact) mass is 416 g/mol. The first kappa shape index (κ1) is 18.7. The van der Waals surface area contributed by atoms with Crippen LogP contribution in [-0.4, -0.2) is 28.3 Å². The largest absolute Gasteiger partial charge is 0.302 e. The Hall–Kier alpha value is -2.65. The van der Waals surface area contributed by atoms with Crippen LogP contribution in [0.3, 0.4) is 0 Å². The number of halogens is 1. The molecule has 0 atom stereocenters. The number of rotatable bonds is 6. The molecule has 2 amide bonds. The molecule has 4 rings (SSSR count). The highest BCUT2D eigenvalue weighted by atomic mass is 32.1. The normalized spacial score (nSPS) is 13.9. The Morgan fingerprint density at radius 1 is 1.29 bits per heavy atom. The van der Waals surface area contributed by atoms with Gasteiger partial charge in [-0.05, 0) is 24.1 Å². The molecule has 0 bridgehead atoms. The fourth-order valence-corrected chi connectivity index (χ4v) is 4.66. The predicted octanol–water partition coefficient (Wildman–Crippen LogP) is 3.64. The summed E-state index contributed by atoms with van der Waals surface area (Å²) in [5.41, 5.74) is 1.62. The Bertz CT molecular complexity index is 1000. The number of carbonyl (C=O) groups excluding carboxylic acids is 2. The summed E-state index contributed by atoms with van der Waals surface area (Å²) in [4.78, 5) is 35.4. The van der Waals surface area contributed by atoms with Crippen LogP contribution in [0.1, 0.15) is 29.0 Å². The van der Waals surface area contributed by atoms with Gasteiger partial charge in [0.15, 0.2) is 10.3 Å². The Kier molecular flexibility index (Phi) is 5.45. The van der Waals surface area contributed by atoms with Crippen LogP contribution in [0.15, 0.2) is 35.8 Å². The van der Waals surface area contributed by atoms with E-state index < -0.39 is 0 Å². The maximum absolute atomic E-state index is 13.0. The van der Waals surface area contributed by atoms with E-state index >= 15 is 0 Å². The summed E-state index contributed by atoms with van der Waals surface area (Å²) in [6.45, 7) is 0.688. The van der Waals surface area contributed by atoms with Crippen LogP contribution >= 0.6 is 22.7 Å². The molecular formula is C19H17FN4O2S2. The second-order valence-corrected chi connectivity index (χ2v) is 8.38. The molecule has 3 aromatic rings. The molecular weight excluding hydrogens is 399 g/mol. The molecule has 28 heavy (non-hydrogen) atoms. The summed E-state index contributed by atoms with van der Waals surface area (Å²) in [6.07, 6.45) is 3.88. The fraction of sp³-hybridized carbons (Fsp3) is 0.263. The van der Waals surface area contributed by atoms with Gasteiger partial charge < -0.3 is 5.32 Å². The number of thiazole rings is 2. The molecule has 144 valence electrons. The van der Waals surface area contributed by atoms with Gasteiger partial charge in [-0.3, -0.25) is 14.5 Å². The standard InChI is InChI=1S/C19H17FN4O2S2/c20-13-5-3-12(4-6-13)8-15-10-21-18(28-15)23-16(25)9-14-11-27-19(22-14)24-7-1-2-17(24)26/h3-6,10-11H,1-2,7-9H2,(H,21,23,25). The van der Waals surface area contributed by atoms with E-state index in [1.165, 1.54) is 34.8 Å². The number of hydrogen-bond donors (Lipinski definition) is 1. The van der Waals surface area contributed by atoms with E-state index in [0.29, 0.717) is 35.3 Å². The number of nitrogens with zero attached hydrogens (tertiary/aromatic N) is 3. The molecule has 0 aliphatic carbocycles. The molecule has 9 heteroatoms. The van der Waals surface area contributed by atoms with Gasteiger partial charge in [-0.1, -0.05) is 12.1 Å². The average Bonchev–Trinajstić information content (AvgIpc) is 3.39. The zero-order valence-corrected chi connectivity index (χ0v) is 16.5. The number of benzene rings is 1. The van der Waals surface area contributed by atoms with Crippen molar-refractivity contribution in [3.8, 4) is 0 Å². The van der Waals surface area contributed by atoms with Crippen molar-refractivity contribution < 1.29 is 14.0 Å². The van der Waals surface area contributed by atoms with Gasteiger partial charge in [-0.15, -0.1) is 22.7 Å². The molecule has 0 spiro atoms. The lowest BCUT2D eigenvalue weighted by Crippen LogP contribution is -2.23. The molecule has 1 aliphatic rings. The molecule has 1 saturated heterocycles. The van der Waals surface area contributed by atoms with Gasteiger partial charge in [0.25, 0.3) is 0 Å². The van der Waals surface area contributed by atoms with Crippen molar-refractivity contribution in [3.63, 3.8) is 0 Å². The Labute approximate surface area is 169 Å². The average molecular weight is 417 g/mol. The lowest BCUT2D eigenvalue weighted by Gasteiger charge is -2.10. The zero-order valence-electron chi connectivity index (χ0n) is 14.9. The van der Waals surface area contributed by atoms with Gasteiger partial charge in [0.05, 0.1) is 12.1 Å². The van der Waals surface area contributed by atoms with Crippen LogP contribution in [0.4, 0.5) is 14.7 Å². The maximum Gasteiger partial charge on any atom is 0.232 e. The zero-order chi connectivity index (χ0) is 19.5. The van der Waals surface area contributed by atoms with Crippen molar-refractivity contribution in [1.82, 2.24) is 9.97 Å². The summed E-state index contributed by atoms with van der Waals surface area (Å²) in [7, 11) is 0. The second kappa shape index (κ2) is 8.15. The minimum atomic E-state index is -0.264. The summed E-state index contributed by atoms with van der Waals surface area (Å²) in [5, 5.41) is 5.77. The van der Waals surface area contributed by atoms with Gasteiger partial charge in [0, 0.05) is 35.8 Å². The minimum Gasteiger partial charge on any atom is -0.302 e. The van der Waals surface area contributed by atoms with E-state index in [-0.39, 0.29) is 24.1 Å². The number of anilines is 2. The smallest absolute Gasteiger partial charge is 0.232 e. The Balaban J connectivity index is 1.33. The lowest BCUT2D eigenvalue weighted by molar-refractivity contribution is -0.117. The molecule has 1 aromatic carbocycles. The SMILES string of the molecule is O=C(Cc1csc(N2CCCC2=O)n1)Nc1ncc(Cc2ccc(F)cc2)s1. The quantitative estimate of drug-likeness (QED) is 0.666. The summed E-state index contributed by atoms with van der Waals surface area (Å²) < 4.78 is 13.0. The minimum absolute atomic E-state index is 0.0850. The topological polar surface area (TPSA) is 75.2 Å². The number of amides is 2. The Morgan fingerprint density at radius 3 is 2.86 bits per heavy atom. The van der Waals surface area contributed by atoms with E-state index in [1.807, 2.05) is 5.38 Å². The molecule has 1 aliphatic heterocycles. The van der Waals surface area contributed by atoms with Crippen molar-refractivity contribution in [3.05, 3.63) is 57.8 Å². The van der Waals surface area contributed by atoms with Crippen LogP contribution in [0, 0.1) is 5.82 Å². The number of nitrogens with one attached hydrogen (secondary N) is 1. The summed E-state index contributed by atoms with van der Waals surface area (Å²) in [6, 6.07) is 6.32. The number of hydrogen-bond acceptors (Lipinski definition) is 6. The van der Waals surface area contributed by atoms with Crippen molar-refractivity contribution in [2.75, 3.05) is 16.8 Å².